The summed E-state index contributed by atoms with van der Waals surface area (Å²) in [7, 11) is 0. The molecule has 6 heteroatoms. The van der Waals surface area contributed by atoms with Gasteiger partial charge in [0.25, 0.3) is 0 Å². The van der Waals surface area contributed by atoms with Gasteiger partial charge in [-0.15, -0.1) is 0 Å². The maximum absolute atomic E-state index is 11.8. The van der Waals surface area contributed by atoms with Gasteiger partial charge in [-0.1, -0.05) is 12.1 Å². The van der Waals surface area contributed by atoms with Crippen LogP contribution in [-0.2, 0) is 4.79 Å². The fourth-order valence-electron chi connectivity index (χ4n) is 2.21. The van der Waals surface area contributed by atoms with E-state index in [-0.39, 0.29) is 5.78 Å². The second-order valence-corrected chi connectivity index (χ2v) is 4.41. The summed E-state index contributed by atoms with van der Waals surface area (Å²) in [5, 5.41) is 2.06. The van der Waals surface area contributed by atoms with E-state index in [1.54, 1.807) is 30.0 Å². The minimum absolute atomic E-state index is 0.0642. The zero-order chi connectivity index (χ0) is 14.0. The van der Waals surface area contributed by atoms with Crippen molar-refractivity contribution in [1.29, 1.82) is 0 Å². The maximum Gasteiger partial charge on any atom is 0.318 e. The highest BCUT2D eigenvalue weighted by molar-refractivity contribution is 6.05. The molecule has 6 nitrogen and oxygen atoms in total. The number of nitrogens with one attached hydrogen (secondary N) is 1. The van der Waals surface area contributed by atoms with E-state index in [4.69, 9.17) is 5.73 Å². The Morgan fingerprint density at radius 1 is 1.37 bits per heavy atom. The molecule has 1 unspecified atom stereocenters. The fraction of sp³-hybridized carbons (Fsp3) is 0.308. The van der Waals surface area contributed by atoms with Gasteiger partial charge in [-0.3, -0.25) is 14.9 Å². The molecule has 2 rings (SSSR count). The van der Waals surface area contributed by atoms with Crippen LogP contribution >= 0.6 is 0 Å². The Morgan fingerprint density at radius 2 is 2.05 bits per heavy atom. The Balaban J connectivity index is 2.27. The number of nitrogens with zero attached hydrogens (tertiary/aromatic N) is 1. The van der Waals surface area contributed by atoms with Crippen molar-refractivity contribution in [2.45, 2.75) is 19.4 Å². The van der Waals surface area contributed by atoms with E-state index >= 15 is 0 Å². The molecule has 0 aliphatic carbocycles. The first-order valence-electron chi connectivity index (χ1n) is 6.00. The van der Waals surface area contributed by atoms with Crippen molar-refractivity contribution in [1.82, 2.24) is 5.32 Å². The molecule has 0 aromatic heterocycles. The average Bonchev–Trinajstić information content (AvgIpc) is 2.38. The highest BCUT2D eigenvalue weighted by Crippen LogP contribution is 2.28. The lowest BCUT2D eigenvalue weighted by molar-refractivity contribution is -0.120. The van der Waals surface area contributed by atoms with Crippen molar-refractivity contribution in [3.05, 3.63) is 29.8 Å². The van der Waals surface area contributed by atoms with Crippen LogP contribution in [0.3, 0.4) is 0 Å². The van der Waals surface area contributed by atoms with Crippen LogP contribution in [0.2, 0.25) is 0 Å². The van der Waals surface area contributed by atoms with Gasteiger partial charge >= 0.3 is 6.03 Å². The number of anilines is 1. The molecule has 0 radical (unpaired) electrons. The molecule has 3 N–H and O–H groups in total. The number of carbonyl (C=O) groups is 3. The Hall–Kier alpha value is -2.37. The summed E-state index contributed by atoms with van der Waals surface area (Å²) in [6.45, 7) is 2.12. The first-order chi connectivity index (χ1) is 9.00. The number of benzene rings is 1. The summed E-state index contributed by atoms with van der Waals surface area (Å²) < 4.78 is 0. The molecule has 0 bridgehead atoms. The number of hydrogen-bond donors (Lipinski definition) is 2. The minimum Gasteiger partial charge on any atom is -0.359 e. The third kappa shape index (κ3) is 2.57. The number of Topliss-reactive ketones (excluding diaryl/α,β-unsaturated/α-hetero) is 1. The van der Waals surface area contributed by atoms with E-state index < -0.39 is 18.0 Å². The van der Waals surface area contributed by atoms with Crippen molar-refractivity contribution >= 4 is 23.4 Å². The molecule has 100 valence electrons. The molecule has 19 heavy (non-hydrogen) atoms. The van der Waals surface area contributed by atoms with Gasteiger partial charge < -0.3 is 10.6 Å². The summed E-state index contributed by atoms with van der Waals surface area (Å²) >= 11 is 0. The molecular formula is C13H15N3O3. The van der Waals surface area contributed by atoms with Gasteiger partial charge in [-0.2, -0.15) is 0 Å². The zero-order valence-electron chi connectivity index (χ0n) is 10.6. The molecule has 0 spiro atoms. The van der Waals surface area contributed by atoms with Crippen LogP contribution in [0.25, 0.3) is 0 Å². The van der Waals surface area contributed by atoms with E-state index in [1.165, 1.54) is 0 Å². The average molecular weight is 261 g/mol. The summed E-state index contributed by atoms with van der Waals surface area (Å²) in [6, 6.07) is 5.68. The Morgan fingerprint density at radius 3 is 2.74 bits per heavy atom. The van der Waals surface area contributed by atoms with E-state index in [9.17, 15) is 14.4 Å². The summed E-state index contributed by atoms with van der Waals surface area (Å²) in [4.78, 5) is 36.1. The second-order valence-electron chi connectivity index (χ2n) is 4.41. The number of hydrogen-bond acceptors (Lipinski definition) is 4. The Labute approximate surface area is 110 Å². The van der Waals surface area contributed by atoms with Gasteiger partial charge in [0.2, 0.25) is 5.91 Å². The predicted octanol–water partition coefficient (Wildman–Crippen LogP) is 0.663. The third-order valence-corrected chi connectivity index (χ3v) is 3.19. The van der Waals surface area contributed by atoms with E-state index in [2.05, 4.69) is 5.32 Å². The smallest absolute Gasteiger partial charge is 0.318 e. The number of carbonyl (C=O) groups excluding carboxylic acids is 3. The van der Waals surface area contributed by atoms with Crippen LogP contribution in [0.1, 0.15) is 23.7 Å². The van der Waals surface area contributed by atoms with Crippen molar-refractivity contribution < 1.29 is 14.4 Å². The quantitative estimate of drug-likeness (QED) is 0.818. The lowest BCUT2D eigenvalue weighted by Crippen LogP contribution is -2.50. The van der Waals surface area contributed by atoms with Crippen LogP contribution in [-0.4, -0.2) is 30.3 Å². The van der Waals surface area contributed by atoms with Gasteiger partial charge in [0.15, 0.2) is 5.78 Å². The number of urea groups is 1. The number of amides is 3. The van der Waals surface area contributed by atoms with Crippen molar-refractivity contribution in [3.63, 3.8) is 0 Å². The van der Waals surface area contributed by atoms with E-state index in [0.29, 0.717) is 24.2 Å². The van der Waals surface area contributed by atoms with Crippen LogP contribution in [0, 0.1) is 0 Å². The first kappa shape index (κ1) is 13.1. The number of ketones is 1. The minimum atomic E-state index is -0.877. The third-order valence-electron chi connectivity index (χ3n) is 3.19. The molecule has 3 amide bonds. The number of primary amides is 1. The molecule has 1 aromatic carbocycles. The second kappa shape index (κ2) is 5.09. The molecule has 0 saturated carbocycles. The van der Waals surface area contributed by atoms with Gasteiger partial charge in [0.1, 0.15) is 6.04 Å². The van der Waals surface area contributed by atoms with Crippen molar-refractivity contribution in [2.24, 2.45) is 5.73 Å². The summed E-state index contributed by atoms with van der Waals surface area (Å²) in [5.74, 6) is -0.411. The molecule has 1 heterocycles. The van der Waals surface area contributed by atoms with Crippen LogP contribution < -0.4 is 16.0 Å². The first-order valence-corrected chi connectivity index (χ1v) is 6.00. The summed E-state index contributed by atoms with van der Waals surface area (Å²) in [5.41, 5.74) is 6.25. The molecular weight excluding hydrogens is 246 g/mol. The zero-order valence-corrected chi connectivity index (χ0v) is 10.6. The number of imide groups is 1. The Kier molecular flexibility index (Phi) is 3.50. The van der Waals surface area contributed by atoms with Gasteiger partial charge in [0, 0.05) is 24.2 Å². The van der Waals surface area contributed by atoms with Crippen LogP contribution in [0.15, 0.2) is 24.3 Å². The number of nitrogens with two attached hydrogens (primary N) is 1. The normalized spacial score (nSPS) is 15.6. The van der Waals surface area contributed by atoms with Crippen LogP contribution in [0.5, 0.6) is 0 Å². The topological polar surface area (TPSA) is 92.5 Å². The highest BCUT2D eigenvalue weighted by atomic mass is 16.2. The lowest BCUT2D eigenvalue weighted by atomic mass is 9.99. The SMILES string of the molecule is CC(C(=O)NC(N)=O)N1CCC(=O)c2ccccc21. The maximum atomic E-state index is 11.8. The Bertz CT molecular complexity index is 542. The van der Waals surface area contributed by atoms with Gasteiger partial charge in [-0.25, -0.2) is 4.79 Å². The molecule has 0 saturated heterocycles. The molecule has 1 aromatic rings. The monoisotopic (exact) mass is 261 g/mol. The lowest BCUT2D eigenvalue weighted by Gasteiger charge is -2.34. The number of rotatable bonds is 2. The van der Waals surface area contributed by atoms with Gasteiger partial charge in [-0.05, 0) is 19.1 Å². The summed E-state index contributed by atoms with van der Waals surface area (Å²) in [6.07, 6.45) is 0.352. The van der Waals surface area contributed by atoms with E-state index in [0.717, 1.165) is 0 Å². The molecule has 0 fully saturated rings. The van der Waals surface area contributed by atoms with E-state index in [1.807, 2.05) is 6.07 Å². The number of fused-ring (bicyclic) bond motifs is 1. The van der Waals surface area contributed by atoms with Crippen molar-refractivity contribution in [2.75, 3.05) is 11.4 Å². The van der Waals surface area contributed by atoms with Crippen LogP contribution in [0.4, 0.5) is 10.5 Å². The molecule has 1 atom stereocenters. The van der Waals surface area contributed by atoms with Gasteiger partial charge in [0.05, 0.1) is 0 Å². The highest BCUT2D eigenvalue weighted by Gasteiger charge is 2.29. The largest absolute Gasteiger partial charge is 0.359 e. The standard InChI is InChI=1S/C13H15N3O3/c1-8(12(18)15-13(14)19)16-7-6-11(17)9-4-2-3-5-10(9)16/h2-5,8H,6-7H2,1H3,(H3,14,15,18,19). The van der Waals surface area contributed by atoms with Crippen molar-refractivity contribution in [3.8, 4) is 0 Å². The number of para-hydroxylation sites is 1. The predicted molar refractivity (Wildman–Crippen MR) is 69.9 cm³/mol. The molecule has 1 aliphatic heterocycles. The fourth-order valence-corrected chi connectivity index (χ4v) is 2.21. The molecule has 1 aliphatic rings.